The number of aliphatic imine (C=N–C) groups is 2. The minimum atomic E-state index is -0.712. The van der Waals surface area contributed by atoms with Crippen LogP contribution in [0.25, 0.3) is 0 Å². The molecule has 0 fully saturated rings. The topological polar surface area (TPSA) is 149 Å². The molecule has 0 radical (unpaired) electrons. The number of phenolic OH excluding ortho intramolecular Hbond substituents is 1. The molecule has 19 heavy (non-hydrogen) atoms. The summed E-state index contributed by atoms with van der Waals surface area (Å²) in [5, 5.41) is 9.90. The molecule has 0 saturated heterocycles. The number of phenols is 1. The average Bonchev–Trinajstić information content (AvgIpc) is 2.31. The first-order valence-corrected chi connectivity index (χ1v) is 5.69. The lowest BCUT2D eigenvalue weighted by Gasteiger charge is -2.06. The first-order valence-electron chi connectivity index (χ1n) is 4.89. The zero-order chi connectivity index (χ0) is 14.6. The van der Waals surface area contributed by atoms with Crippen LogP contribution in [0.5, 0.6) is 5.75 Å². The van der Waals surface area contributed by atoms with Gasteiger partial charge < -0.3 is 27.0 Å². The number of carbonyl (C=O) groups is 1. The van der Waals surface area contributed by atoms with Crippen molar-refractivity contribution in [3.63, 3.8) is 0 Å². The van der Waals surface area contributed by atoms with Gasteiger partial charge >= 0.3 is 5.97 Å². The number of halogens is 1. The summed E-state index contributed by atoms with van der Waals surface area (Å²) >= 11 is 3.17. The van der Waals surface area contributed by atoms with Gasteiger partial charge in [0.05, 0.1) is 7.11 Å². The number of esters is 1. The summed E-state index contributed by atoms with van der Waals surface area (Å²) in [6.45, 7) is 0. The summed E-state index contributed by atoms with van der Waals surface area (Å²) in [7, 11) is 1.19. The van der Waals surface area contributed by atoms with Gasteiger partial charge in [0.2, 0.25) is 5.96 Å². The summed E-state index contributed by atoms with van der Waals surface area (Å²) in [6, 6.07) is 2.83. The molecule has 0 aliphatic rings. The highest BCUT2D eigenvalue weighted by Crippen LogP contribution is 2.34. The molecule has 0 aliphatic carbocycles. The fourth-order valence-electron chi connectivity index (χ4n) is 1.22. The van der Waals surface area contributed by atoms with Gasteiger partial charge in [0.1, 0.15) is 11.3 Å². The SMILES string of the molecule is COC(=O)c1cc(Br)cc(N=C(N)N=C(N)N)c1O. The number of hydrogen-bond donors (Lipinski definition) is 4. The Kier molecular flexibility index (Phi) is 4.70. The quantitative estimate of drug-likeness (QED) is 0.345. The molecule has 0 unspecified atom stereocenters. The molecular weight excluding hydrogens is 318 g/mol. The molecule has 0 spiro atoms. The van der Waals surface area contributed by atoms with Crippen LogP contribution >= 0.6 is 15.9 Å². The third-order valence-electron chi connectivity index (χ3n) is 1.94. The lowest BCUT2D eigenvalue weighted by atomic mass is 10.2. The van der Waals surface area contributed by atoms with Crippen molar-refractivity contribution in [3.8, 4) is 5.75 Å². The Morgan fingerprint density at radius 1 is 1.37 bits per heavy atom. The average molecular weight is 330 g/mol. The maximum atomic E-state index is 11.5. The molecule has 0 aromatic heterocycles. The van der Waals surface area contributed by atoms with E-state index in [4.69, 9.17) is 17.2 Å². The van der Waals surface area contributed by atoms with E-state index in [1.165, 1.54) is 19.2 Å². The Balaban J connectivity index is 3.34. The van der Waals surface area contributed by atoms with Crippen molar-refractivity contribution in [1.29, 1.82) is 0 Å². The highest BCUT2D eigenvalue weighted by atomic mass is 79.9. The second-order valence-corrected chi connectivity index (χ2v) is 4.24. The number of nitrogens with zero attached hydrogens (tertiary/aromatic N) is 2. The molecule has 8 nitrogen and oxygen atoms in total. The Morgan fingerprint density at radius 3 is 2.53 bits per heavy atom. The molecule has 1 rings (SSSR count). The molecule has 102 valence electrons. The van der Waals surface area contributed by atoms with Crippen molar-refractivity contribution in [2.75, 3.05) is 7.11 Å². The summed E-state index contributed by atoms with van der Waals surface area (Å²) in [4.78, 5) is 18.7. The lowest BCUT2D eigenvalue weighted by molar-refractivity contribution is 0.0597. The zero-order valence-electron chi connectivity index (χ0n) is 9.92. The van der Waals surface area contributed by atoms with Crippen molar-refractivity contribution < 1.29 is 14.6 Å². The van der Waals surface area contributed by atoms with E-state index in [2.05, 4.69) is 30.7 Å². The summed E-state index contributed by atoms with van der Waals surface area (Å²) in [5.74, 6) is -1.63. The lowest BCUT2D eigenvalue weighted by Crippen LogP contribution is -2.26. The van der Waals surface area contributed by atoms with Crippen LogP contribution in [0, 0.1) is 0 Å². The van der Waals surface area contributed by atoms with Crippen molar-refractivity contribution >= 4 is 39.5 Å². The molecule has 0 heterocycles. The summed E-state index contributed by atoms with van der Waals surface area (Å²) < 4.78 is 5.03. The Labute approximate surface area is 117 Å². The van der Waals surface area contributed by atoms with E-state index < -0.39 is 5.97 Å². The van der Waals surface area contributed by atoms with Crippen LogP contribution in [0.1, 0.15) is 10.4 Å². The normalized spacial score (nSPS) is 10.9. The van der Waals surface area contributed by atoms with Crippen LogP contribution in [0.15, 0.2) is 26.6 Å². The van der Waals surface area contributed by atoms with Gasteiger partial charge in [-0.3, -0.25) is 0 Å². The van der Waals surface area contributed by atoms with Crippen LogP contribution in [0.3, 0.4) is 0 Å². The number of nitrogens with two attached hydrogens (primary N) is 3. The molecule has 0 amide bonds. The monoisotopic (exact) mass is 329 g/mol. The van der Waals surface area contributed by atoms with Crippen molar-refractivity contribution in [2.45, 2.75) is 0 Å². The van der Waals surface area contributed by atoms with Gasteiger partial charge in [0.25, 0.3) is 0 Å². The second kappa shape index (κ2) is 6.05. The van der Waals surface area contributed by atoms with E-state index in [-0.39, 0.29) is 28.9 Å². The fourth-order valence-corrected chi connectivity index (χ4v) is 1.66. The fraction of sp³-hybridized carbons (Fsp3) is 0.100. The van der Waals surface area contributed by atoms with Crippen LogP contribution in [-0.2, 0) is 4.74 Å². The molecule has 0 atom stereocenters. The molecule has 0 saturated carbocycles. The van der Waals surface area contributed by atoms with Crippen LogP contribution < -0.4 is 17.2 Å². The molecular formula is C10H12BrN5O3. The number of methoxy groups -OCH3 is 1. The maximum Gasteiger partial charge on any atom is 0.341 e. The number of carbonyl (C=O) groups excluding carboxylic acids is 1. The summed E-state index contributed by atoms with van der Waals surface area (Å²) in [6.07, 6.45) is 0. The van der Waals surface area contributed by atoms with Gasteiger partial charge in [-0.15, -0.1) is 0 Å². The van der Waals surface area contributed by atoms with E-state index in [9.17, 15) is 9.90 Å². The number of ether oxygens (including phenoxy) is 1. The molecule has 9 heteroatoms. The zero-order valence-corrected chi connectivity index (χ0v) is 11.5. The van der Waals surface area contributed by atoms with Gasteiger partial charge in [-0.1, -0.05) is 15.9 Å². The second-order valence-electron chi connectivity index (χ2n) is 3.32. The first-order chi connectivity index (χ1) is 8.85. The van der Waals surface area contributed by atoms with Gasteiger partial charge in [-0.2, -0.15) is 4.99 Å². The van der Waals surface area contributed by atoms with E-state index in [0.717, 1.165) is 0 Å². The Bertz CT molecular complexity index is 567. The van der Waals surface area contributed by atoms with Gasteiger partial charge in [-0.05, 0) is 12.1 Å². The van der Waals surface area contributed by atoms with Crippen LogP contribution in [0.2, 0.25) is 0 Å². The third kappa shape index (κ3) is 3.85. The predicted molar refractivity (Wildman–Crippen MR) is 74.2 cm³/mol. The smallest absolute Gasteiger partial charge is 0.341 e. The molecule has 0 bridgehead atoms. The Hall–Kier alpha value is -2.29. The van der Waals surface area contributed by atoms with E-state index in [0.29, 0.717) is 4.47 Å². The Morgan fingerprint density at radius 2 is 2.00 bits per heavy atom. The van der Waals surface area contributed by atoms with Gasteiger partial charge in [0, 0.05) is 4.47 Å². The maximum absolute atomic E-state index is 11.5. The number of guanidine groups is 2. The molecule has 1 aromatic rings. The minimum absolute atomic E-state index is 0.0253. The number of rotatable bonds is 2. The van der Waals surface area contributed by atoms with Crippen LogP contribution in [-0.4, -0.2) is 30.1 Å². The highest BCUT2D eigenvalue weighted by molar-refractivity contribution is 9.10. The number of benzene rings is 1. The number of hydrogen-bond acceptors (Lipinski definition) is 4. The van der Waals surface area contributed by atoms with Gasteiger partial charge in [0.15, 0.2) is 11.7 Å². The van der Waals surface area contributed by atoms with Gasteiger partial charge in [-0.25, -0.2) is 9.79 Å². The van der Waals surface area contributed by atoms with Crippen molar-refractivity contribution in [1.82, 2.24) is 0 Å². The highest BCUT2D eigenvalue weighted by Gasteiger charge is 2.16. The minimum Gasteiger partial charge on any atom is -0.505 e. The largest absolute Gasteiger partial charge is 0.505 e. The van der Waals surface area contributed by atoms with Crippen molar-refractivity contribution in [2.24, 2.45) is 27.2 Å². The third-order valence-corrected chi connectivity index (χ3v) is 2.40. The molecule has 7 N–H and O–H groups in total. The van der Waals surface area contributed by atoms with E-state index >= 15 is 0 Å². The molecule has 0 aliphatic heterocycles. The molecule has 1 aromatic carbocycles. The summed E-state index contributed by atoms with van der Waals surface area (Å²) in [5.41, 5.74) is 15.7. The standard InChI is InChI=1S/C10H12BrN5O3/c1-19-8(18)5-2-4(11)3-6(7(5)17)15-10(14)16-9(12)13/h2-3,17H,1H3,(H6,12,13,14,15,16). The predicted octanol–water partition coefficient (Wildman–Crippen LogP) is 0.161. The van der Waals surface area contributed by atoms with E-state index in [1.54, 1.807) is 0 Å². The van der Waals surface area contributed by atoms with Crippen LogP contribution in [0.4, 0.5) is 5.69 Å². The van der Waals surface area contributed by atoms with E-state index in [1.807, 2.05) is 0 Å². The number of aromatic hydroxyl groups is 1. The first kappa shape index (κ1) is 14.8. The van der Waals surface area contributed by atoms with Crippen molar-refractivity contribution in [3.05, 3.63) is 22.2 Å².